The largest absolute Gasteiger partial charge is 0.497 e. The second-order valence-corrected chi connectivity index (χ2v) is 7.59. The molecule has 0 atom stereocenters. The summed E-state index contributed by atoms with van der Waals surface area (Å²) in [5.74, 6) is 0.637. The van der Waals surface area contributed by atoms with E-state index in [0.717, 1.165) is 28.3 Å². The number of benzene rings is 3. The Kier molecular flexibility index (Phi) is 5.68. The summed E-state index contributed by atoms with van der Waals surface area (Å²) in [7, 11) is 1.65. The fraction of sp³-hybridized carbons (Fsp3) is 0.0833. The van der Waals surface area contributed by atoms with Crippen molar-refractivity contribution in [3.63, 3.8) is 0 Å². The molecule has 0 aliphatic rings. The number of thiazole rings is 1. The van der Waals surface area contributed by atoms with Crippen molar-refractivity contribution in [1.82, 2.24) is 4.98 Å². The van der Waals surface area contributed by atoms with E-state index >= 15 is 0 Å². The van der Waals surface area contributed by atoms with Crippen LogP contribution in [0.1, 0.15) is 20.8 Å². The lowest BCUT2D eigenvalue weighted by Gasteiger charge is -2.04. The van der Waals surface area contributed by atoms with E-state index in [9.17, 15) is 4.79 Å². The molecule has 0 aliphatic heterocycles. The number of amides is 1. The number of hydrogen-bond acceptors (Lipinski definition) is 4. The zero-order valence-corrected chi connectivity index (χ0v) is 16.8. The van der Waals surface area contributed by atoms with Gasteiger partial charge in [-0.05, 0) is 42.0 Å². The quantitative estimate of drug-likeness (QED) is 0.454. The molecule has 4 rings (SSSR count). The van der Waals surface area contributed by atoms with Gasteiger partial charge in [-0.2, -0.15) is 0 Å². The van der Waals surface area contributed by atoms with Gasteiger partial charge in [-0.3, -0.25) is 10.1 Å². The highest BCUT2D eigenvalue weighted by molar-refractivity contribution is 7.16. The molecule has 144 valence electrons. The van der Waals surface area contributed by atoms with Crippen LogP contribution in [0.2, 0.25) is 0 Å². The summed E-state index contributed by atoms with van der Waals surface area (Å²) < 4.78 is 5.26. The van der Waals surface area contributed by atoms with Crippen molar-refractivity contribution in [3.05, 3.63) is 101 Å². The van der Waals surface area contributed by atoms with Crippen molar-refractivity contribution in [1.29, 1.82) is 0 Å². The number of ether oxygens (including phenoxy) is 1. The van der Waals surface area contributed by atoms with E-state index in [4.69, 9.17) is 9.72 Å². The van der Waals surface area contributed by atoms with Crippen LogP contribution >= 0.6 is 11.3 Å². The Bertz CT molecular complexity index is 1090. The van der Waals surface area contributed by atoms with Crippen LogP contribution in [0.5, 0.6) is 5.75 Å². The number of methoxy groups -OCH3 is 1. The lowest BCUT2D eigenvalue weighted by atomic mass is 10.1. The minimum atomic E-state index is -0.160. The first-order valence-electron chi connectivity index (χ1n) is 9.27. The number of rotatable bonds is 6. The second kappa shape index (κ2) is 8.71. The molecule has 0 unspecified atom stereocenters. The molecule has 1 aromatic heterocycles. The lowest BCUT2D eigenvalue weighted by molar-refractivity contribution is 0.102. The number of aromatic nitrogens is 1. The average molecular weight is 401 g/mol. The molecular formula is C24H20N2O2S. The molecule has 1 N–H and O–H groups in total. The van der Waals surface area contributed by atoms with E-state index < -0.39 is 0 Å². The molecular weight excluding hydrogens is 380 g/mol. The third-order valence-electron chi connectivity index (χ3n) is 4.52. The molecule has 4 nitrogen and oxygen atoms in total. The Morgan fingerprint density at radius 3 is 2.24 bits per heavy atom. The maximum Gasteiger partial charge on any atom is 0.257 e. The fourth-order valence-corrected chi connectivity index (χ4v) is 4.05. The molecule has 3 aromatic carbocycles. The van der Waals surface area contributed by atoms with Crippen LogP contribution in [0.3, 0.4) is 0 Å². The summed E-state index contributed by atoms with van der Waals surface area (Å²) in [6, 6.07) is 27.2. The molecule has 0 bridgehead atoms. The smallest absolute Gasteiger partial charge is 0.257 e. The molecule has 4 aromatic rings. The number of carbonyl (C=O) groups is 1. The molecule has 0 aliphatic carbocycles. The number of hydrogen-bond donors (Lipinski definition) is 1. The van der Waals surface area contributed by atoms with Crippen LogP contribution in [-0.2, 0) is 6.42 Å². The molecule has 1 amide bonds. The Balaban J connectivity index is 1.66. The van der Waals surface area contributed by atoms with Crippen LogP contribution in [0, 0.1) is 0 Å². The molecule has 0 saturated heterocycles. The topological polar surface area (TPSA) is 51.2 Å². The molecule has 0 fully saturated rings. The van der Waals surface area contributed by atoms with E-state index in [1.807, 2.05) is 60.7 Å². The Morgan fingerprint density at radius 1 is 0.931 bits per heavy atom. The Labute approximate surface area is 173 Å². The summed E-state index contributed by atoms with van der Waals surface area (Å²) in [6.45, 7) is 0. The van der Waals surface area contributed by atoms with Crippen LogP contribution in [0.25, 0.3) is 11.3 Å². The summed E-state index contributed by atoms with van der Waals surface area (Å²) in [4.78, 5) is 18.4. The van der Waals surface area contributed by atoms with E-state index in [1.54, 1.807) is 19.2 Å². The minimum absolute atomic E-state index is 0.160. The van der Waals surface area contributed by atoms with Crippen molar-refractivity contribution in [2.24, 2.45) is 0 Å². The van der Waals surface area contributed by atoms with Gasteiger partial charge in [0.1, 0.15) is 5.75 Å². The standard InChI is InChI=1S/C24H20N2O2S/c1-28-20-14-12-18(13-15-20)22-21(16-17-8-4-2-5-9-17)29-24(25-22)26-23(27)19-10-6-3-7-11-19/h2-15H,16H2,1H3,(H,25,26,27). The van der Waals surface area contributed by atoms with Gasteiger partial charge >= 0.3 is 0 Å². The van der Waals surface area contributed by atoms with Crippen LogP contribution in [-0.4, -0.2) is 18.0 Å². The van der Waals surface area contributed by atoms with Crippen molar-refractivity contribution >= 4 is 22.4 Å². The number of nitrogens with one attached hydrogen (secondary N) is 1. The molecule has 1 heterocycles. The van der Waals surface area contributed by atoms with Gasteiger partial charge < -0.3 is 4.74 Å². The van der Waals surface area contributed by atoms with Crippen molar-refractivity contribution in [3.8, 4) is 17.0 Å². The van der Waals surface area contributed by atoms with E-state index in [0.29, 0.717) is 10.7 Å². The average Bonchev–Trinajstić information content (AvgIpc) is 3.17. The van der Waals surface area contributed by atoms with Gasteiger partial charge in [0.2, 0.25) is 0 Å². The fourth-order valence-electron chi connectivity index (χ4n) is 3.04. The molecule has 29 heavy (non-hydrogen) atoms. The van der Waals surface area contributed by atoms with Crippen LogP contribution in [0.4, 0.5) is 5.13 Å². The highest BCUT2D eigenvalue weighted by Crippen LogP contribution is 2.34. The van der Waals surface area contributed by atoms with Gasteiger partial charge in [0.15, 0.2) is 5.13 Å². The molecule has 0 radical (unpaired) electrons. The highest BCUT2D eigenvalue weighted by atomic mass is 32.1. The van der Waals surface area contributed by atoms with Gasteiger partial charge in [-0.15, -0.1) is 11.3 Å². The predicted octanol–water partition coefficient (Wildman–Crippen LogP) is 5.66. The van der Waals surface area contributed by atoms with Gasteiger partial charge in [0.25, 0.3) is 5.91 Å². The van der Waals surface area contributed by atoms with Gasteiger partial charge in [-0.1, -0.05) is 48.5 Å². The molecule has 0 spiro atoms. The predicted molar refractivity (Wildman–Crippen MR) is 118 cm³/mol. The third-order valence-corrected chi connectivity index (χ3v) is 5.50. The summed E-state index contributed by atoms with van der Waals surface area (Å²) in [5, 5.41) is 3.53. The summed E-state index contributed by atoms with van der Waals surface area (Å²) in [6.07, 6.45) is 0.751. The van der Waals surface area contributed by atoms with Crippen molar-refractivity contribution in [2.75, 3.05) is 12.4 Å². The van der Waals surface area contributed by atoms with E-state index in [-0.39, 0.29) is 5.91 Å². The summed E-state index contributed by atoms with van der Waals surface area (Å²) in [5.41, 5.74) is 3.68. The zero-order chi connectivity index (χ0) is 20.1. The first-order valence-corrected chi connectivity index (χ1v) is 10.1. The molecule has 5 heteroatoms. The van der Waals surface area contributed by atoms with Gasteiger partial charge in [0.05, 0.1) is 12.8 Å². The molecule has 0 saturated carbocycles. The van der Waals surface area contributed by atoms with Gasteiger partial charge in [0, 0.05) is 22.4 Å². The first kappa shape index (κ1) is 18.9. The Hall–Kier alpha value is -3.44. The third kappa shape index (κ3) is 4.52. The number of anilines is 1. The highest BCUT2D eigenvalue weighted by Gasteiger charge is 2.16. The van der Waals surface area contributed by atoms with Crippen molar-refractivity contribution in [2.45, 2.75) is 6.42 Å². The monoisotopic (exact) mass is 400 g/mol. The number of carbonyl (C=O) groups excluding carboxylic acids is 1. The lowest BCUT2D eigenvalue weighted by Crippen LogP contribution is -2.11. The minimum Gasteiger partial charge on any atom is -0.497 e. The Morgan fingerprint density at radius 2 is 1.59 bits per heavy atom. The van der Waals surface area contributed by atoms with Crippen molar-refractivity contribution < 1.29 is 9.53 Å². The normalized spacial score (nSPS) is 10.5. The van der Waals surface area contributed by atoms with Gasteiger partial charge in [-0.25, -0.2) is 4.98 Å². The zero-order valence-electron chi connectivity index (χ0n) is 16.0. The summed E-state index contributed by atoms with van der Waals surface area (Å²) >= 11 is 1.51. The van der Waals surface area contributed by atoms with E-state index in [2.05, 4.69) is 17.4 Å². The second-order valence-electron chi connectivity index (χ2n) is 6.50. The number of nitrogens with zero attached hydrogens (tertiary/aromatic N) is 1. The van der Waals surface area contributed by atoms with Crippen LogP contribution < -0.4 is 10.1 Å². The maximum atomic E-state index is 12.6. The van der Waals surface area contributed by atoms with E-state index in [1.165, 1.54) is 16.9 Å². The SMILES string of the molecule is COc1ccc(-c2nc(NC(=O)c3ccccc3)sc2Cc2ccccc2)cc1. The first-order chi connectivity index (χ1) is 14.2. The van der Waals surface area contributed by atoms with Crippen LogP contribution in [0.15, 0.2) is 84.9 Å². The maximum absolute atomic E-state index is 12.6.